The van der Waals surface area contributed by atoms with Crippen LogP contribution < -0.4 is 0 Å². The third-order valence-electron chi connectivity index (χ3n) is 4.74. The van der Waals surface area contributed by atoms with Crippen molar-refractivity contribution in [1.82, 2.24) is 4.90 Å². The predicted molar refractivity (Wildman–Crippen MR) is 134 cm³/mol. The largest absolute Gasteiger partial charge is 2.00 e. The van der Waals surface area contributed by atoms with Crippen molar-refractivity contribution in [2.24, 2.45) is 0 Å². The van der Waals surface area contributed by atoms with Crippen molar-refractivity contribution in [3.63, 3.8) is 0 Å². The summed E-state index contributed by atoms with van der Waals surface area (Å²) in [6, 6.07) is 12.7. The Morgan fingerprint density at radius 2 is 1.57 bits per heavy atom. The van der Waals surface area contributed by atoms with Gasteiger partial charge in [0.1, 0.15) is 0 Å². The van der Waals surface area contributed by atoms with Gasteiger partial charge in [-0.2, -0.15) is 18.1 Å². The zero-order valence-electron chi connectivity index (χ0n) is 18.9. The van der Waals surface area contributed by atoms with Crippen LogP contribution in [0.25, 0.3) is 11.3 Å². The number of likely N-dealkylation sites (N-methyl/N-ethyl adjacent to an activating group) is 1. The standard InChI is InChI=1S/C16H20N.C9H12N.2ClH.Ti/c1-4-14-7-5-6-8-16(14)15-10-9-13(11-15)12-17(2)3;1-6-4-7(2)9(10)8(3)5-6;;;/h4-9,11H,10,12H2,1-3H3;4-5,10H,1-3H3;2*1H;/q2*-1;;;+2. The number of aryl methyl sites for hydroxylation is 3. The Labute approximate surface area is 210 Å². The fourth-order valence-electron chi connectivity index (χ4n) is 3.47. The minimum atomic E-state index is 0. The van der Waals surface area contributed by atoms with Gasteiger partial charge in [0.2, 0.25) is 0 Å². The normalized spacial score (nSPS) is 11.7. The van der Waals surface area contributed by atoms with Gasteiger partial charge in [0.15, 0.2) is 0 Å². The van der Waals surface area contributed by atoms with Crippen molar-refractivity contribution in [3.8, 4) is 0 Å². The van der Waals surface area contributed by atoms with Gasteiger partial charge in [-0.15, -0.1) is 48.2 Å². The third-order valence-corrected chi connectivity index (χ3v) is 4.74. The van der Waals surface area contributed by atoms with E-state index in [0.29, 0.717) is 5.69 Å². The summed E-state index contributed by atoms with van der Waals surface area (Å²) in [5.74, 6) is 0. The zero-order chi connectivity index (χ0) is 20.0. The first-order valence-electron chi connectivity index (χ1n) is 9.54. The van der Waals surface area contributed by atoms with Crippen LogP contribution in [0.2, 0.25) is 0 Å². The van der Waals surface area contributed by atoms with E-state index in [4.69, 9.17) is 5.73 Å². The SMILES string of the molecule is C[CH-]c1ccccc1C1=CC(CN(C)C)=CC1.Cc1cc(C)c([NH-])c(C)c1.Cl.Cl.[Ti+2]. The smallest absolute Gasteiger partial charge is 0.698 e. The van der Waals surface area contributed by atoms with Crippen LogP contribution in [0.3, 0.4) is 0 Å². The first kappa shape index (κ1) is 31.0. The second-order valence-electron chi connectivity index (χ2n) is 7.54. The number of allylic oxidation sites excluding steroid dienone is 2. The fourth-order valence-corrected chi connectivity index (χ4v) is 3.47. The van der Waals surface area contributed by atoms with Gasteiger partial charge in [-0.05, 0) is 46.9 Å². The minimum absolute atomic E-state index is 0. The Balaban J connectivity index is 0. The quantitative estimate of drug-likeness (QED) is 0.325. The summed E-state index contributed by atoms with van der Waals surface area (Å²) in [4.78, 5) is 2.21. The molecule has 0 amide bonds. The van der Waals surface area contributed by atoms with E-state index in [1.807, 2.05) is 26.0 Å². The average molecular weight is 481 g/mol. The van der Waals surface area contributed by atoms with Gasteiger partial charge < -0.3 is 10.6 Å². The molecule has 1 aliphatic rings. The number of nitrogens with zero attached hydrogens (tertiary/aromatic N) is 1. The summed E-state index contributed by atoms with van der Waals surface area (Å²) in [6.07, 6.45) is 7.91. The van der Waals surface area contributed by atoms with Crippen LogP contribution in [0, 0.1) is 27.2 Å². The van der Waals surface area contributed by atoms with Crippen LogP contribution in [0.4, 0.5) is 5.69 Å². The van der Waals surface area contributed by atoms with Gasteiger partial charge in [-0.25, -0.2) is 0 Å². The molecule has 0 radical (unpaired) electrons. The summed E-state index contributed by atoms with van der Waals surface area (Å²) >= 11 is 0. The molecule has 5 heteroatoms. The molecule has 3 rings (SSSR count). The molecule has 0 spiro atoms. The van der Waals surface area contributed by atoms with E-state index in [1.54, 1.807) is 0 Å². The van der Waals surface area contributed by atoms with Crippen molar-refractivity contribution in [2.75, 3.05) is 20.6 Å². The van der Waals surface area contributed by atoms with Gasteiger partial charge in [-0.3, -0.25) is 0 Å². The van der Waals surface area contributed by atoms with E-state index >= 15 is 0 Å². The molecular formula is C25H34Cl2N2Ti. The molecule has 0 aromatic heterocycles. The molecule has 0 fully saturated rings. The first-order valence-corrected chi connectivity index (χ1v) is 9.54. The molecule has 1 N–H and O–H groups in total. The molecule has 0 unspecified atom stereocenters. The molecule has 30 heavy (non-hydrogen) atoms. The summed E-state index contributed by atoms with van der Waals surface area (Å²) in [7, 11) is 4.22. The maximum Gasteiger partial charge on any atom is 2.00 e. The molecular weight excluding hydrogens is 447 g/mol. The molecule has 0 heterocycles. The van der Waals surface area contributed by atoms with Gasteiger partial charge in [0.25, 0.3) is 0 Å². The van der Waals surface area contributed by atoms with Crippen molar-refractivity contribution >= 4 is 36.1 Å². The Hall–Kier alpha value is -1.16. The molecule has 162 valence electrons. The van der Waals surface area contributed by atoms with E-state index in [9.17, 15) is 0 Å². The van der Waals surface area contributed by atoms with Crippen LogP contribution in [0.15, 0.2) is 54.1 Å². The third kappa shape index (κ3) is 8.92. The van der Waals surface area contributed by atoms with Crippen LogP contribution in [0.5, 0.6) is 0 Å². The van der Waals surface area contributed by atoms with Crippen molar-refractivity contribution in [1.29, 1.82) is 0 Å². The molecule has 1 aliphatic carbocycles. The number of benzene rings is 2. The zero-order valence-corrected chi connectivity index (χ0v) is 22.1. The second kappa shape index (κ2) is 14.8. The number of hydrogen-bond donors (Lipinski definition) is 0. The molecule has 0 bridgehead atoms. The molecule has 0 aliphatic heterocycles. The average Bonchev–Trinajstić information content (AvgIpc) is 3.07. The van der Waals surface area contributed by atoms with E-state index in [0.717, 1.165) is 24.1 Å². The molecule has 2 nitrogen and oxygen atoms in total. The molecule has 0 saturated heterocycles. The van der Waals surface area contributed by atoms with Crippen molar-refractivity contribution < 1.29 is 21.7 Å². The van der Waals surface area contributed by atoms with E-state index in [-0.39, 0.29) is 46.5 Å². The molecule has 2 aromatic rings. The van der Waals surface area contributed by atoms with E-state index < -0.39 is 0 Å². The summed E-state index contributed by atoms with van der Waals surface area (Å²) < 4.78 is 0. The number of halogens is 2. The van der Waals surface area contributed by atoms with Crippen LogP contribution >= 0.6 is 24.8 Å². The summed E-state index contributed by atoms with van der Waals surface area (Å²) in [5, 5.41) is 0. The number of rotatable bonds is 4. The van der Waals surface area contributed by atoms with Crippen LogP contribution in [0.1, 0.15) is 41.2 Å². The minimum Gasteiger partial charge on any atom is -0.698 e. The molecule has 0 saturated carbocycles. The van der Waals surface area contributed by atoms with Gasteiger partial charge in [0.05, 0.1) is 0 Å². The Morgan fingerprint density at radius 1 is 1.00 bits per heavy atom. The maximum atomic E-state index is 7.54. The Kier molecular flexibility index (Phi) is 15.3. The Bertz CT molecular complexity index is 835. The molecule has 2 aromatic carbocycles. The van der Waals surface area contributed by atoms with Gasteiger partial charge in [-0.1, -0.05) is 59.5 Å². The summed E-state index contributed by atoms with van der Waals surface area (Å²) in [6.45, 7) is 9.13. The monoisotopic (exact) mass is 480 g/mol. The molecule has 0 atom stereocenters. The van der Waals surface area contributed by atoms with E-state index in [1.165, 1.54) is 27.8 Å². The van der Waals surface area contributed by atoms with Gasteiger partial charge >= 0.3 is 21.7 Å². The summed E-state index contributed by atoms with van der Waals surface area (Å²) in [5.41, 5.74) is 17.2. The van der Waals surface area contributed by atoms with Crippen molar-refractivity contribution in [2.45, 2.75) is 34.1 Å². The Morgan fingerprint density at radius 3 is 2.10 bits per heavy atom. The van der Waals surface area contributed by atoms with Crippen LogP contribution in [-0.2, 0) is 21.7 Å². The van der Waals surface area contributed by atoms with Gasteiger partial charge in [0, 0.05) is 6.54 Å². The van der Waals surface area contributed by atoms with Crippen LogP contribution in [-0.4, -0.2) is 25.5 Å². The topological polar surface area (TPSA) is 27.0 Å². The predicted octanol–water partition coefficient (Wildman–Crippen LogP) is 7.67. The number of nitrogens with one attached hydrogen (secondary N) is 1. The number of hydrogen-bond acceptors (Lipinski definition) is 1. The van der Waals surface area contributed by atoms with Crippen molar-refractivity contribution in [3.05, 3.63) is 94.1 Å². The first-order chi connectivity index (χ1) is 12.8. The maximum absolute atomic E-state index is 7.54. The fraction of sp³-hybridized carbons (Fsp3) is 0.320. The second-order valence-corrected chi connectivity index (χ2v) is 7.54. The van der Waals surface area contributed by atoms with E-state index in [2.05, 4.69) is 75.7 Å².